The number of hydrogen-bond donors (Lipinski definition) is 2. The Morgan fingerprint density at radius 1 is 1.29 bits per heavy atom. The molecule has 96 valence electrons. The summed E-state index contributed by atoms with van der Waals surface area (Å²) in [5.74, 6) is -1.20. The van der Waals surface area contributed by atoms with E-state index in [-0.39, 0.29) is 12.1 Å². The second-order valence-electron chi connectivity index (χ2n) is 4.95. The van der Waals surface area contributed by atoms with Crippen LogP contribution in [0.25, 0.3) is 0 Å². The van der Waals surface area contributed by atoms with Crippen LogP contribution in [0.3, 0.4) is 0 Å². The Bertz CT molecular complexity index is 315. The Kier molecular flexibility index (Phi) is 3.54. The van der Waals surface area contributed by atoms with Crippen molar-refractivity contribution in [1.82, 2.24) is 10.2 Å². The molecule has 2 N–H and O–H groups in total. The number of carboxylic acid groups (broad SMARTS) is 1. The summed E-state index contributed by atoms with van der Waals surface area (Å²) in [6.07, 6.45) is 4.50. The smallest absolute Gasteiger partial charge is 0.317 e. The first kappa shape index (κ1) is 12.2. The Morgan fingerprint density at radius 2 is 2.00 bits per heavy atom. The van der Waals surface area contributed by atoms with E-state index in [1.54, 1.807) is 0 Å². The van der Waals surface area contributed by atoms with Gasteiger partial charge in [0, 0.05) is 18.6 Å². The molecule has 0 aromatic heterocycles. The van der Waals surface area contributed by atoms with Gasteiger partial charge < -0.3 is 15.3 Å². The second kappa shape index (κ2) is 4.94. The van der Waals surface area contributed by atoms with Gasteiger partial charge in [-0.15, -0.1) is 0 Å². The van der Waals surface area contributed by atoms with Crippen LogP contribution in [0.1, 0.15) is 39.0 Å². The molecular formula is C12H20N2O3. The topological polar surface area (TPSA) is 69.6 Å². The van der Waals surface area contributed by atoms with Gasteiger partial charge in [-0.2, -0.15) is 0 Å². The van der Waals surface area contributed by atoms with E-state index in [9.17, 15) is 9.59 Å². The highest BCUT2D eigenvalue weighted by Crippen LogP contribution is 2.29. The number of nitrogens with one attached hydrogen (secondary N) is 1. The number of aliphatic carboxylic acids is 1. The second-order valence-corrected chi connectivity index (χ2v) is 4.95. The molecule has 2 atom stereocenters. The lowest BCUT2D eigenvalue weighted by Crippen LogP contribution is -2.48. The van der Waals surface area contributed by atoms with Crippen LogP contribution in [0.15, 0.2) is 0 Å². The first-order valence-corrected chi connectivity index (χ1v) is 6.43. The molecule has 5 heteroatoms. The zero-order valence-electron chi connectivity index (χ0n) is 10.2. The highest BCUT2D eigenvalue weighted by atomic mass is 16.4. The standard InChI is InChI=1S/C12H20N2O3/c1-2-14(8-6-7-8)12(17)13-10-5-3-4-9(10)11(15)16/h8-10H,2-7H2,1H3,(H,13,17)(H,15,16). The van der Waals surface area contributed by atoms with E-state index >= 15 is 0 Å². The van der Waals surface area contributed by atoms with Crippen molar-refractivity contribution in [2.75, 3.05) is 6.54 Å². The molecule has 2 aliphatic carbocycles. The Balaban J connectivity index is 1.90. The number of urea groups is 1. The summed E-state index contributed by atoms with van der Waals surface area (Å²) in [6, 6.07) is 0.102. The van der Waals surface area contributed by atoms with E-state index < -0.39 is 11.9 Å². The van der Waals surface area contributed by atoms with Crippen LogP contribution < -0.4 is 5.32 Å². The molecule has 0 heterocycles. The Hall–Kier alpha value is -1.26. The van der Waals surface area contributed by atoms with E-state index in [4.69, 9.17) is 5.11 Å². The summed E-state index contributed by atoms with van der Waals surface area (Å²) in [7, 11) is 0. The number of rotatable bonds is 4. The fraction of sp³-hybridized carbons (Fsp3) is 0.833. The molecule has 2 amide bonds. The summed E-state index contributed by atoms with van der Waals surface area (Å²) < 4.78 is 0. The first-order chi connectivity index (χ1) is 8.13. The lowest BCUT2D eigenvalue weighted by molar-refractivity contribution is -0.142. The monoisotopic (exact) mass is 240 g/mol. The van der Waals surface area contributed by atoms with Gasteiger partial charge in [0.2, 0.25) is 0 Å². The molecule has 2 unspecified atom stereocenters. The van der Waals surface area contributed by atoms with Crippen LogP contribution >= 0.6 is 0 Å². The molecule has 0 saturated heterocycles. The van der Waals surface area contributed by atoms with Gasteiger partial charge in [-0.1, -0.05) is 6.42 Å². The molecule has 17 heavy (non-hydrogen) atoms. The van der Waals surface area contributed by atoms with Crippen LogP contribution in [-0.4, -0.2) is 40.6 Å². The summed E-state index contributed by atoms with van der Waals surface area (Å²) in [4.78, 5) is 24.8. The number of hydrogen-bond acceptors (Lipinski definition) is 2. The third kappa shape index (κ3) is 2.70. The predicted octanol–water partition coefficient (Wildman–Crippen LogP) is 1.43. The van der Waals surface area contributed by atoms with E-state index in [1.165, 1.54) is 0 Å². The molecule has 0 spiro atoms. The normalized spacial score (nSPS) is 27.8. The number of carboxylic acids is 1. The van der Waals surface area contributed by atoms with Gasteiger partial charge >= 0.3 is 12.0 Å². The van der Waals surface area contributed by atoms with Crippen LogP contribution in [-0.2, 0) is 4.79 Å². The minimum Gasteiger partial charge on any atom is -0.481 e. The first-order valence-electron chi connectivity index (χ1n) is 6.43. The molecule has 0 aromatic rings. The number of carbonyl (C=O) groups is 2. The van der Waals surface area contributed by atoms with Crippen molar-refractivity contribution in [3.8, 4) is 0 Å². The van der Waals surface area contributed by atoms with Crippen molar-refractivity contribution in [2.24, 2.45) is 5.92 Å². The average molecular weight is 240 g/mol. The fourth-order valence-corrected chi connectivity index (χ4v) is 2.62. The number of carbonyl (C=O) groups excluding carboxylic acids is 1. The van der Waals surface area contributed by atoms with Crippen LogP contribution in [0.2, 0.25) is 0 Å². The summed E-state index contributed by atoms with van der Waals surface area (Å²) in [6.45, 7) is 2.65. The quantitative estimate of drug-likeness (QED) is 0.781. The highest BCUT2D eigenvalue weighted by Gasteiger charge is 2.37. The van der Waals surface area contributed by atoms with Gasteiger partial charge in [-0.05, 0) is 32.6 Å². The van der Waals surface area contributed by atoms with Gasteiger partial charge in [-0.3, -0.25) is 4.79 Å². The van der Waals surface area contributed by atoms with E-state index in [1.807, 2.05) is 11.8 Å². The molecule has 5 nitrogen and oxygen atoms in total. The SMILES string of the molecule is CCN(C(=O)NC1CCCC1C(=O)O)C1CC1. The molecular weight excluding hydrogens is 220 g/mol. The van der Waals surface area contributed by atoms with Gasteiger partial charge in [0.1, 0.15) is 0 Å². The average Bonchev–Trinajstić information content (AvgIpc) is 2.98. The fourth-order valence-electron chi connectivity index (χ4n) is 2.62. The molecule has 0 aromatic carbocycles. The molecule has 2 fully saturated rings. The van der Waals surface area contributed by atoms with Crippen molar-refractivity contribution in [3.05, 3.63) is 0 Å². The minimum atomic E-state index is -0.790. The van der Waals surface area contributed by atoms with Crippen LogP contribution in [0, 0.1) is 5.92 Å². The predicted molar refractivity (Wildman–Crippen MR) is 62.7 cm³/mol. The zero-order valence-corrected chi connectivity index (χ0v) is 10.2. The molecule has 0 radical (unpaired) electrons. The van der Waals surface area contributed by atoms with Gasteiger partial charge in [0.05, 0.1) is 5.92 Å². The maximum Gasteiger partial charge on any atom is 0.317 e. The van der Waals surface area contributed by atoms with Crippen molar-refractivity contribution in [3.63, 3.8) is 0 Å². The summed E-state index contributed by atoms with van der Waals surface area (Å²) in [5.41, 5.74) is 0. The maximum atomic E-state index is 12.0. The van der Waals surface area contributed by atoms with Crippen molar-refractivity contribution in [1.29, 1.82) is 0 Å². The zero-order chi connectivity index (χ0) is 12.4. The highest BCUT2D eigenvalue weighted by molar-refractivity contribution is 5.77. The van der Waals surface area contributed by atoms with Crippen LogP contribution in [0.4, 0.5) is 4.79 Å². The molecule has 2 aliphatic rings. The van der Waals surface area contributed by atoms with Crippen molar-refractivity contribution >= 4 is 12.0 Å². The molecule has 0 bridgehead atoms. The Morgan fingerprint density at radius 3 is 2.53 bits per heavy atom. The third-order valence-corrected chi connectivity index (χ3v) is 3.73. The van der Waals surface area contributed by atoms with Gasteiger partial charge in [0.15, 0.2) is 0 Å². The minimum absolute atomic E-state index is 0.0897. The third-order valence-electron chi connectivity index (χ3n) is 3.73. The van der Waals surface area contributed by atoms with Crippen molar-refractivity contribution in [2.45, 2.75) is 51.1 Å². The van der Waals surface area contributed by atoms with Gasteiger partial charge in [0.25, 0.3) is 0 Å². The van der Waals surface area contributed by atoms with Crippen LogP contribution in [0.5, 0.6) is 0 Å². The lowest BCUT2D eigenvalue weighted by Gasteiger charge is -2.25. The van der Waals surface area contributed by atoms with E-state index in [0.29, 0.717) is 19.0 Å². The molecule has 2 saturated carbocycles. The molecule has 2 rings (SSSR count). The van der Waals surface area contributed by atoms with Crippen molar-refractivity contribution < 1.29 is 14.7 Å². The van der Waals surface area contributed by atoms with E-state index in [2.05, 4.69) is 5.32 Å². The van der Waals surface area contributed by atoms with Gasteiger partial charge in [-0.25, -0.2) is 4.79 Å². The number of amides is 2. The number of nitrogens with zero attached hydrogens (tertiary/aromatic N) is 1. The Labute approximate surface area is 101 Å². The van der Waals surface area contributed by atoms with E-state index in [0.717, 1.165) is 25.7 Å². The maximum absolute atomic E-state index is 12.0. The summed E-state index contributed by atoms with van der Waals surface area (Å²) in [5, 5.41) is 11.9. The molecule has 0 aliphatic heterocycles. The lowest BCUT2D eigenvalue weighted by atomic mass is 10.0. The largest absolute Gasteiger partial charge is 0.481 e. The summed E-state index contributed by atoms with van der Waals surface area (Å²) >= 11 is 0.